The molecular weight excluding hydrogens is 150 g/mol. The van der Waals surface area contributed by atoms with Gasteiger partial charge in [-0.2, -0.15) is 0 Å². The first-order valence-corrected chi connectivity index (χ1v) is 5.40. The summed E-state index contributed by atoms with van der Waals surface area (Å²) in [6.07, 6.45) is 2.18. The van der Waals surface area contributed by atoms with Crippen LogP contribution in [0.25, 0.3) is 0 Å². The van der Waals surface area contributed by atoms with E-state index in [0.717, 1.165) is 19.4 Å². The van der Waals surface area contributed by atoms with E-state index in [1.165, 1.54) is 0 Å². The Kier molecular flexibility index (Phi) is 1.15. The summed E-state index contributed by atoms with van der Waals surface area (Å²) in [6.45, 7) is 0.996. The molecule has 1 spiro atoms. The van der Waals surface area contributed by atoms with Crippen molar-refractivity contribution >= 4 is 9.84 Å². The number of nitrogens with one attached hydrogen (secondary N) is 1. The standard InChI is InChI=1S/C6H11NO2S/c8-10(9)4-6(5-10)2-1-3-7-6/h7H,1-5H2. The maximum Gasteiger partial charge on any atom is 0.153 e. The lowest BCUT2D eigenvalue weighted by atomic mass is 10.0. The minimum Gasteiger partial charge on any atom is -0.309 e. The highest BCUT2D eigenvalue weighted by molar-refractivity contribution is 7.93. The van der Waals surface area contributed by atoms with Crippen LogP contribution in [0.4, 0.5) is 0 Å². The Morgan fingerprint density at radius 1 is 1.30 bits per heavy atom. The molecule has 0 amide bonds. The summed E-state index contributed by atoms with van der Waals surface area (Å²) < 4.78 is 21.6. The molecule has 2 saturated heterocycles. The van der Waals surface area contributed by atoms with Crippen molar-refractivity contribution < 1.29 is 8.42 Å². The molecule has 0 aromatic carbocycles. The van der Waals surface area contributed by atoms with E-state index in [1.807, 2.05) is 0 Å². The minimum absolute atomic E-state index is 0.0127. The predicted molar refractivity (Wildman–Crippen MR) is 38.6 cm³/mol. The molecular formula is C6H11NO2S. The van der Waals surface area contributed by atoms with Crippen LogP contribution in [0.3, 0.4) is 0 Å². The van der Waals surface area contributed by atoms with Gasteiger partial charge in [0, 0.05) is 5.54 Å². The van der Waals surface area contributed by atoms with Crippen molar-refractivity contribution in [3.8, 4) is 0 Å². The fourth-order valence-corrected chi connectivity index (χ4v) is 4.01. The normalized spacial score (nSPS) is 34.0. The Labute approximate surface area is 60.7 Å². The largest absolute Gasteiger partial charge is 0.309 e. The molecule has 2 fully saturated rings. The van der Waals surface area contributed by atoms with Crippen LogP contribution in [-0.2, 0) is 9.84 Å². The van der Waals surface area contributed by atoms with Crippen molar-refractivity contribution in [2.45, 2.75) is 18.4 Å². The van der Waals surface area contributed by atoms with E-state index in [2.05, 4.69) is 5.32 Å². The summed E-state index contributed by atoms with van der Waals surface area (Å²) in [4.78, 5) is 0. The summed E-state index contributed by atoms with van der Waals surface area (Å²) in [7, 11) is -2.64. The van der Waals surface area contributed by atoms with E-state index in [1.54, 1.807) is 0 Å². The molecule has 0 unspecified atom stereocenters. The molecule has 2 heterocycles. The Morgan fingerprint density at radius 3 is 2.40 bits per heavy atom. The third-order valence-electron chi connectivity index (χ3n) is 2.32. The second kappa shape index (κ2) is 1.74. The van der Waals surface area contributed by atoms with Crippen molar-refractivity contribution in [3.63, 3.8) is 0 Å². The Balaban J connectivity index is 2.12. The predicted octanol–water partition coefficient (Wildman–Crippen LogP) is -0.463. The zero-order valence-corrected chi connectivity index (χ0v) is 6.58. The SMILES string of the molecule is O=S1(=O)CC2(CCCN2)C1. The summed E-state index contributed by atoms with van der Waals surface area (Å²) in [5.41, 5.74) is 0.0127. The highest BCUT2D eigenvalue weighted by Gasteiger charge is 2.49. The van der Waals surface area contributed by atoms with E-state index in [0.29, 0.717) is 11.5 Å². The molecule has 58 valence electrons. The summed E-state index contributed by atoms with van der Waals surface area (Å²) >= 11 is 0. The third kappa shape index (κ3) is 0.864. The molecule has 1 N–H and O–H groups in total. The molecule has 2 rings (SSSR count). The molecule has 3 nitrogen and oxygen atoms in total. The Hall–Kier alpha value is -0.0900. The molecule has 4 heteroatoms. The first-order valence-electron chi connectivity index (χ1n) is 3.57. The zero-order valence-electron chi connectivity index (χ0n) is 5.76. The molecule has 0 radical (unpaired) electrons. The van der Waals surface area contributed by atoms with E-state index < -0.39 is 9.84 Å². The van der Waals surface area contributed by atoms with Crippen molar-refractivity contribution in [2.75, 3.05) is 18.1 Å². The molecule has 2 aliphatic heterocycles. The van der Waals surface area contributed by atoms with Crippen molar-refractivity contribution in [1.29, 1.82) is 0 Å². The number of sulfone groups is 1. The smallest absolute Gasteiger partial charge is 0.153 e. The monoisotopic (exact) mass is 161 g/mol. The lowest BCUT2D eigenvalue weighted by Crippen LogP contribution is -2.60. The molecule has 0 aliphatic carbocycles. The van der Waals surface area contributed by atoms with Gasteiger partial charge >= 0.3 is 0 Å². The summed E-state index contributed by atoms with van der Waals surface area (Å²) in [5, 5.41) is 3.25. The van der Waals surface area contributed by atoms with Crippen LogP contribution >= 0.6 is 0 Å². The van der Waals surface area contributed by atoms with E-state index >= 15 is 0 Å². The fraction of sp³-hybridized carbons (Fsp3) is 1.00. The van der Waals surface area contributed by atoms with Crippen LogP contribution in [0.1, 0.15) is 12.8 Å². The van der Waals surface area contributed by atoms with Gasteiger partial charge in [0.15, 0.2) is 9.84 Å². The highest BCUT2D eigenvalue weighted by atomic mass is 32.2. The van der Waals surface area contributed by atoms with Gasteiger partial charge in [0.1, 0.15) is 0 Å². The van der Waals surface area contributed by atoms with Gasteiger partial charge in [0.2, 0.25) is 0 Å². The lowest BCUT2D eigenvalue weighted by molar-refractivity contribution is 0.413. The number of hydrogen-bond acceptors (Lipinski definition) is 3. The minimum atomic E-state index is -2.64. The van der Waals surface area contributed by atoms with Crippen molar-refractivity contribution in [2.24, 2.45) is 0 Å². The van der Waals surface area contributed by atoms with E-state index in [9.17, 15) is 8.42 Å². The average molecular weight is 161 g/mol. The first kappa shape index (κ1) is 6.61. The number of rotatable bonds is 0. The van der Waals surface area contributed by atoms with Crippen LogP contribution in [0.5, 0.6) is 0 Å². The van der Waals surface area contributed by atoms with Crippen LogP contribution in [-0.4, -0.2) is 32.0 Å². The van der Waals surface area contributed by atoms with Crippen LogP contribution < -0.4 is 5.32 Å². The highest BCUT2D eigenvalue weighted by Crippen LogP contribution is 2.31. The summed E-state index contributed by atoms with van der Waals surface area (Å²) in [6, 6.07) is 0. The second-order valence-electron chi connectivity index (χ2n) is 3.34. The van der Waals surface area contributed by atoms with Gasteiger partial charge in [-0.25, -0.2) is 8.42 Å². The Morgan fingerprint density at radius 2 is 2.00 bits per heavy atom. The summed E-state index contributed by atoms with van der Waals surface area (Å²) in [5.74, 6) is 0.750. The van der Waals surface area contributed by atoms with Crippen molar-refractivity contribution in [3.05, 3.63) is 0 Å². The molecule has 0 saturated carbocycles. The quantitative estimate of drug-likeness (QED) is 0.523. The van der Waals surface area contributed by atoms with Crippen LogP contribution in [0.15, 0.2) is 0 Å². The zero-order chi connectivity index (χ0) is 7.24. The molecule has 0 atom stereocenters. The number of hydrogen-bond donors (Lipinski definition) is 1. The van der Waals surface area contributed by atoms with Crippen molar-refractivity contribution in [1.82, 2.24) is 5.32 Å². The van der Waals surface area contributed by atoms with E-state index in [-0.39, 0.29) is 5.54 Å². The van der Waals surface area contributed by atoms with Gasteiger partial charge in [0.25, 0.3) is 0 Å². The van der Waals surface area contributed by atoms with Crippen LogP contribution in [0, 0.1) is 0 Å². The maximum absolute atomic E-state index is 10.8. The van der Waals surface area contributed by atoms with Crippen LogP contribution in [0.2, 0.25) is 0 Å². The second-order valence-corrected chi connectivity index (χ2v) is 5.41. The lowest BCUT2D eigenvalue weighted by Gasteiger charge is -2.37. The topological polar surface area (TPSA) is 46.2 Å². The van der Waals surface area contributed by atoms with E-state index in [4.69, 9.17) is 0 Å². The molecule has 0 aromatic rings. The molecule has 10 heavy (non-hydrogen) atoms. The third-order valence-corrected chi connectivity index (χ3v) is 4.31. The van der Waals surface area contributed by atoms with Gasteiger partial charge in [-0.1, -0.05) is 0 Å². The Bertz CT molecular complexity index is 224. The van der Waals surface area contributed by atoms with Gasteiger partial charge in [-0.15, -0.1) is 0 Å². The fourth-order valence-electron chi connectivity index (χ4n) is 1.91. The average Bonchev–Trinajstić information content (AvgIpc) is 2.10. The molecule has 2 aliphatic rings. The van der Waals surface area contributed by atoms with Gasteiger partial charge in [-0.3, -0.25) is 0 Å². The molecule has 0 bridgehead atoms. The van der Waals surface area contributed by atoms with Gasteiger partial charge in [0.05, 0.1) is 11.5 Å². The first-order chi connectivity index (χ1) is 4.62. The van der Waals surface area contributed by atoms with Gasteiger partial charge in [-0.05, 0) is 19.4 Å². The molecule has 0 aromatic heterocycles. The maximum atomic E-state index is 10.8. The van der Waals surface area contributed by atoms with Gasteiger partial charge < -0.3 is 5.32 Å².